The second-order valence-electron chi connectivity index (χ2n) is 5.56. The Kier molecular flexibility index (Phi) is 4.79. The quantitative estimate of drug-likeness (QED) is 0.720. The molecule has 0 atom stereocenters. The van der Waals surface area contributed by atoms with E-state index in [-0.39, 0.29) is 18.3 Å². The lowest BCUT2D eigenvalue weighted by atomic mass is 10.1. The number of fused-ring (bicyclic) bond motifs is 1. The van der Waals surface area contributed by atoms with E-state index in [0.717, 1.165) is 11.1 Å². The van der Waals surface area contributed by atoms with Crippen molar-refractivity contribution in [1.29, 1.82) is 0 Å². The van der Waals surface area contributed by atoms with Crippen LogP contribution in [0.5, 0.6) is 0 Å². The first-order chi connectivity index (χ1) is 12.0. The fraction of sp³-hybridized carbons (Fsp3) is 0.211. The van der Waals surface area contributed by atoms with Crippen molar-refractivity contribution in [1.82, 2.24) is 4.98 Å². The number of aromatic nitrogens is 1. The Balaban J connectivity index is 1.64. The molecule has 0 saturated carbocycles. The number of nitrogens with zero attached hydrogens (tertiary/aromatic N) is 1. The molecule has 0 unspecified atom stereocenters. The van der Waals surface area contributed by atoms with E-state index >= 15 is 0 Å². The molecule has 0 saturated heterocycles. The summed E-state index contributed by atoms with van der Waals surface area (Å²) in [5.41, 5.74) is 3.35. The Bertz CT molecular complexity index is 913. The minimum absolute atomic E-state index is 0.153. The van der Waals surface area contributed by atoms with Gasteiger partial charge in [0.05, 0.1) is 18.6 Å². The summed E-state index contributed by atoms with van der Waals surface area (Å²) in [5.74, 6) is 0.0637. The van der Waals surface area contributed by atoms with Crippen molar-refractivity contribution in [2.24, 2.45) is 0 Å². The summed E-state index contributed by atoms with van der Waals surface area (Å²) < 4.78 is 10.4. The number of carbonyl (C=O) groups excluding carboxylic acids is 2. The number of amides is 1. The van der Waals surface area contributed by atoms with Gasteiger partial charge in [-0.2, -0.15) is 0 Å². The molecule has 6 heteroatoms. The third-order valence-electron chi connectivity index (χ3n) is 3.60. The third kappa shape index (κ3) is 4.03. The van der Waals surface area contributed by atoms with Crippen molar-refractivity contribution in [3.05, 3.63) is 59.5 Å². The number of hydrogen-bond donors (Lipinski definition) is 1. The first kappa shape index (κ1) is 16.7. The number of rotatable bonds is 5. The van der Waals surface area contributed by atoms with E-state index in [1.165, 1.54) is 0 Å². The fourth-order valence-corrected chi connectivity index (χ4v) is 2.49. The monoisotopic (exact) mass is 338 g/mol. The number of ether oxygens (including phenoxy) is 1. The van der Waals surface area contributed by atoms with Gasteiger partial charge in [0.25, 0.3) is 0 Å². The molecule has 0 bridgehead atoms. The van der Waals surface area contributed by atoms with E-state index in [1.807, 2.05) is 18.2 Å². The summed E-state index contributed by atoms with van der Waals surface area (Å²) in [6.07, 6.45) is 0.218. The maximum atomic E-state index is 12.2. The van der Waals surface area contributed by atoms with E-state index in [2.05, 4.69) is 10.3 Å². The van der Waals surface area contributed by atoms with E-state index < -0.39 is 0 Å². The van der Waals surface area contributed by atoms with Gasteiger partial charge in [-0.1, -0.05) is 6.07 Å². The highest BCUT2D eigenvalue weighted by Crippen LogP contribution is 2.18. The minimum atomic E-state index is -0.379. The fourth-order valence-electron chi connectivity index (χ4n) is 2.49. The van der Waals surface area contributed by atoms with Crippen LogP contribution in [0.25, 0.3) is 11.1 Å². The first-order valence-corrected chi connectivity index (χ1v) is 7.98. The summed E-state index contributed by atoms with van der Waals surface area (Å²) >= 11 is 0. The van der Waals surface area contributed by atoms with E-state index in [9.17, 15) is 9.59 Å². The van der Waals surface area contributed by atoms with Crippen LogP contribution >= 0.6 is 0 Å². The van der Waals surface area contributed by atoms with Gasteiger partial charge in [0.2, 0.25) is 5.91 Å². The summed E-state index contributed by atoms with van der Waals surface area (Å²) in [4.78, 5) is 28.0. The summed E-state index contributed by atoms with van der Waals surface area (Å²) in [5, 5.41) is 2.80. The molecule has 1 aromatic heterocycles. The molecule has 6 nitrogen and oxygen atoms in total. The van der Waals surface area contributed by atoms with E-state index in [1.54, 1.807) is 38.1 Å². The van der Waals surface area contributed by atoms with Crippen molar-refractivity contribution in [3.8, 4) is 0 Å². The van der Waals surface area contributed by atoms with Crippen LogP contribution in [-0.2, 0) is 16.0 Å². The highest BCUT2D eigenvalue weighted by molar-refractivity contribution is 5.94. The average molecular weight is 338 g/mol. The number of oxazole rings is 1. The van der Waals surface area contributed by atoms with Gasteiger partial charge in [-0.25, -0.2) is 9.78 Å². The molecule has 1 heterocycles. The normalized spacial score (nSPS) is 10.6. The lowest BCUT2D eigenvalue weighted by molar-refractivity contribution is -0.115. The van der Waals surface area contributed by atoms with Gasteiger partial charge in [-0.05, 0) is 48.9 Å². The van der Waals surface area contributed by atoms with Crippen LogP contribution in [0.15, 0.2) is 46.9 Å². The number of benzene rings is 2. The maximum absolute atomic E-state index is 12.2. The molecule has 0 spiro atoms. The number of carbonyl (C=O) groups is 2. The molecule has 2 aromatic carbocycles. The Labute approximate surface area is 144 Å². The van der Waals surface area contributed by atoms with Crippen LogP contribution in [0.1, 0.15) is 28.7 Å². The third-order valence-corrected chi connectivity index (χ3v) is 3.60. The largest absolute Gasteiger partial charge is 0.462 e. The summed E-state index contributed by atoms with van der Waals surface area (Å²) in [7, 11) is 0. The maximum Gasteiger partial charge on any atom is 0.338 e. The molecule has 1 amide bonds. The Morgan fingerprint density at radius 2 is 1.92 bits per heavy atom. The number of esters is 1. The van der Waals surface area contributed by atoms with Gasteiger partial charge in [-0.15, -0.1) is 0 Å². The molecule has 0 aliphatic heterocycles. The lowest BCUT2D eigenvalue weighted by Gasteiger charge is -2.07. The predicted octanol–water partition coefficient (Wildman–Crippen LogP) is 3.49. The highest BCUT2D eigenvalue weighted by atomic mass is 16.5. The molecule has 0 aliphatic carbocycles. The van der Waals surface area contributed by atoms with Crippen molar-refractivity contribution in [2.75, 3.05) is 11.9 Å². The average Bonchev–Trinajstić information content (AvgIpc) is 2.95. The topological polar surface area (TPSA) is 81.4 Å². The lowest BCUT2D eigenvalue weighted by Crippen LogP contribution is -2.14. The summed E-state index contributed by atoms with van der Waals surface area (Å²) in [6.45, 7) is 3.86. The van der Waals surface area contributed by atoms with Crippen LogP contribution in [0.3, 0.4) is 0 Å². The van der Waals surface area contributed by atoms with E-state index in [0.29, 0.717) is 29.3 Å². The number of aryl methyl sites for hydroxylation is 1. The Morgan fingerprint density at radius 1 is 1.16 bits per heavy atom. The number of hydrogen-bond acceptors (Lipinski definition) is 5. The standard InChI is InChI=1S/C19H18N2O4/c1-3-24-19(23)14-5-7-15(8-6-14)21-18(22)11-13-4-9-16-17(10-13)25-12(2)20-16/h4-10H,3,11H2,1-2H3,(H,21,22). The zero-order valence-corrected chi connectivity index (χ0v) is 14.0. The van der Waals surface area contributed by atoms with E-state index in [4.69, 9.17) is 9.15 Å². The predicted molar refractivity (Wildman–Crippen MR) is 93.5 cm³/mol. The van der Waals surface area contributed by atoms with Crippen molar-refractivity contribution < 1.29 is 18.7 Å². The van der Waals surface area contributed by atoms with Gasteiger partial charge in [0.1, 0.15) is 5.52 Å². The minimum Gasteiger partial charge on any atom is -0.462 e. The SMILES string of the molecule is CCOC(=O)c1ccc(NC(=O)Cc2ccc3nc(C)oc3c2)cc1. The van der Waals surface area contributed by atoms with Gasteiger partial charge >= 0.3 is 5.97 Å². The van der Waals surface area contributed by atoms with Gasteiger partial charge in [0, 0.05) is 12.6 Å². The Morgan fingerprint density at radius 3 is 2.64 bits per heavy atom. The second kappa shape index (κ2) is 7.17. The van der Waals surface area contributed by atoms with Crippen LogP contribution < -0.4 is 5.32 Å². The molecular formula is C19H18N2O4. The molecule has 128 valence electrons. The van der Waals surface area contributed by atoms with Crippen molar-refractivity contribution in [3.63, 3.8) is 0 Å². The number of anilines is 1. The summed E-state index contributed by atoms with van der Waals surface area (Å²) in [6, 6.07) is 12.1. The Hall–Kier alpha value is -3.15. The van der Waals surface area contributed by atoms with Crippen molar-refractivity contribution in [2.45, 2.75) is 20.3 Å². The molecular weight excluding hydrogens is 320 g/mol. The molecule has 1 N–H and O–H groups in total. The molecule has 3 aromatic rings. The first-order valence-electron chi connectivity index (χ1n) is 7.98. The zero-order chi connectivity index (χ0) is 17.8. The molecule has 0 aliphatic rings. The molecule has 0 fully saturated rings. The molecule has 3 rings (SSSR count). The highest BCUT2D eigenvalue weighted by Gasteiger charge is 2.09. The van der Waals surface area contributed by atoms with Gasteiger partial charge in [-0.3, -0.25) is 4.79 Å². The van der Waals surface area contributed by atoms with Crippen molar-refractivity contribution >= 4 is 28.7 Å². The van der Waals surface area contributed by atoms with Crippen LogP contribution in [0, 0.1) is 6.92 Å². The zero-order valence-electron chi connectivity index (χ0n) is 14.0. The molecule has 25 heavy (non-hydrogen) atoms. The smallest absolute Gasteiger partial charge is 0.338 e. The van der Waals surface area contributed by atoms with Gasteiger partial charge in [0.15, 0.2) is 11.5 Å². The van der Waals surface area contributed by atoms with Gasteiger partial charge < -0.3 is 14.5 Å². The van der Waals surface area contributed by atoms with Crippen LogP contribution in [0.2, 0.25) is 0 Å². The second-order valence-corrected chi connectivity index (χ2v) is 5.56. The van der Waals surface area contributed by atoms with Crippen LogP contribution in [-0.4, -0.2) is 23.5 Å². The van der Waals surface area contributed by atoms with Crippen LogP contribution in [0.4, 0.5) is 5.69 Å². The number of nitrogens with one attached hydrogen (secondary N) is 1. The molecule has 0 radical (unpaired) electrons.